The number of rotatable bonds is 6. The van der Waals surface area contributed by atoms with Crippen LogP contribution in [0.1, 0.15) is 27.2 Å². The van der Waals surface area contributed by atoms with Crippen LogP contribution in [0.3, 0.4) is 0 Å². The number of ether oxygens (including phenoxy) is 2. The first-order chi connectivity index (χ1) is 9.05. The SMILES string of the molecule is COC(=O)C[C@H](N)[C@H](CN(C)C)NC(=O)OC(C)(C)C. The highest BCUT2D eigenvalue weighted by Crippen LogP contribution is 2.08. The normalized spacial score (nSPS) is 14.6. The Labute approximate surface area is 120 Å². The number of methoxy groups -OCH3 is 1. The van der Waals surface area contributed by atoms with Gasteiger partial charge in [0, 0.05) is 12.6 Å². The number of carbonyl (C=O) groups is 2. The molecule has 20 heavy (non-hydrogen) atoms. The van der Waals surface area contributed by atoms with Crippen molar-refractivity contribution in [2.75, 3.05) is 27.7 Å². The van der Waals surface area contributed by atoms with Crippen molar-refractivity contribution in [1.29, 1.82) is 0 Å². The number of likely N-dealkylation sites (N-methyl/N-ethyl adjacent to an activating group) is 1. The van der Waals surface area contributed by atoms with Gasteiger partial charge in [-0.1, -0.05) is 0 Å². The smallest absolute Gasteiger partial charge is 0.407 e. The van der Waals surface area contributed by atoms with Gasteiger partial charge in [0.25, 0.3) is 0 Å². The van der Waals surface area contributed by atoms with E-state index in [0.717, 1.165) is 0 Å². The number of nitrogens with two attached hydrogens (primary N) is 1. The summed E-state index contributed by atoms with van der Waals surface area (Å²) >= 11 is 0. The van der Waals surface area contributed by atoms with Gasteiger partial charge in [-0.3, -0.25) is 4.79 Å². The second kappa shape index (κ2) is 8.06. The Balaban J connectivity index is 4.63. The zero-order valence-electron chi connectivity index (χ0n) is 13.2. The summed E-state index contributed by atoms with van der Waals surface area (Å²) in [6.45, 7) is 5.84. The first kappa shape index (κ1) is 18.7. The molecule has 7 nitrogen and oxygen atoms in total. The summed E-state index contributed by atoms with van der Waals surface area (Å²) in [5.41, 5.74) is 5.37. The number of alkyl carbamates (subject to hydrolysis) is 1. The molecule has 0 aromatic carbocycles. The molecular formula is C13H27N3O4. The molecule has 0 spiro atoms. The van der Waals surface area contributed by atoms with Crippen molar-refractivity contribution in [1.82, 2.24) is 10.2 Å². The molecule has 0 aliphatic heterocycles. The number of esters is 1. The summed E-state index contributed by atoms with van der Waals surface area (Å²) in [4.78, 5) is 24.9. The topological polar surface area (TPSA) is 93.9 Å². The van der Waals surface area contributed by atoms with Gasteiger partial charge in [0.15, 0.2) is 0 Å². The van der Waals surface area contributed by atoms with E-state index in [1.807, 2.05) is 19.0 Å². The van der Waals surface area contributed by atoms with E-state index in [4.69, 9.17) is 10.5 Å². The average molecular weight is 289 g/mol. The van der Waals surface area contributed by atoms with Gasteiger partial charge in [-0.05, 0) is 34.9 Å². The Morgan fingerprint density at radius 3 is 2.25 bits per heavy atom. The van der Waals surface area contributed by atoms with Crippen LogP contribution in [0.2, 0.25) is 0 Å². The summed E-state index contributed by atoms with van der Waals surface area (Å²) in [6, 6.07) is -0.948. The molecule has 118 valence electrons. The molecule has 0 bridgehead atoms. The van der Waals surface area contributed by atoms with Crippen LogP contribution in [-0.4, -0.2) is 62.4 Å². The molecule has 0 fully saturated rings. The van der Waals surface area contributed by atoms with Crippen LogP contribution in [0.5, 0.6) is 0 Å². The molecule has 3 N–H and O–H groups in total. The van der Waals surface area contributed by atoms with Crippen molar-refractivity contribution in [2.45, 2.75) is 44.9 Å². The molecule has 0 aromatic rings. The lowest BCUT2D eigenvalue weighted by Gasteiger charge is -2.28. The molecule has 0 radical (unpaired) electrons. The predicted octanol–water partition coefficient (Wildman–Crippen LogP) is 0.332. The van der Waals surface area contributed by atoms with Gasteiger partial charge < -0.3 is 25.4 Å². The van der Waals surface area contributed by atoms with Crippen molar-refractivity contribution in [3.05, 3.63) is 0 Å². The van der Waals surface area contributed by atoms with Gasteiger partial charge in [0.2, 0.25) is 0 Å². The number of amides is 1. The first-order valence-electron chi connectivity index (χ1n) is 6.51. The highest BCUT2D eigenvalue weighted by molar-refractivity contribution is 5.71. The monoisotopic (exact) mass is 289 g/mol. The van der Waals surface area contributed by atoms with E-state index in [1.165, 1.54) is 7.11 Å². The lowest BCUT2D eigenvalue weighted by atomic mass is 10.1. The number of nitrogens with zero attached hydrogens (tertiary/aromatic N) is 1. The minimum Gasteiger partial charge on any atom is -0.469 e. The lowest BCUT2D eigenvalue weighted by molar-refractivity contribution is -0.141. The van der Waals surface area contributed by atoms with Gasteiger partial charge in [0.05, 0.1) is 19.6 Å². The fourth-order valence-electron chi connectivity index (χ4n) is 1.56. The fourth-order valence-corrected chi connectivity index (χ4v) is 1.56. The first-order valence-corrected chi connectivity index (χ1v) is 6.51. The average Bonchev–Trinajstić information content (AvgIpc) is 2.24. The van der Waals surface area contributed by atoms with Crippen LogP contribution in [-0.2, 0) is 14.3 Å². The second-order valence-corrected chi connectivity index (χ2v) is 5.96. The molecule has 0 heterocycles. The summed E-state index contributed by atoms with van der Waals surface area (Å²) in [5.74, 6) is -0.410. The van der Waals surface area contributed by atoms with Gasteiger partial charge in [-0.15, -0.1) is 0 Å². The largest absolute Gasteiger partial charge is 0.469 e. The quantitative estimate of drug-likeness (QED) is 0.684. The van der Waals surface area contributed by atoms with E-state index in [-0.39, 0.29) is 6.42 Å². The summed E-state index contributed by atoms with van der Waals surface area (Å²) in [5, 5.41) is 2.70. The van der Waals surface area contributed by atoms with Crippen molar-refractivity contribution in [2.24, 2.45) is 5.73 Å². The van der Waals surface area contributed by atoms with Crippen molar-refractivity contribution >= 4 is 12.1 Å². The van der Waals surface area contributed by atoms with E-state index >= 15 is 0 Å². The van der Waals surface area contributed by atoms with Crippen LogP contribution >= 0.6 is 0 Å². The minimum absolute atomic E-state index is 0.0325. The second-order valence-electron chi connectivity index (χ2n) is 5.96. The molecule has 0 rings (SSSR count). The molecule has 0 aliphatic carbocycles. The Hall–Kier alpha value is -1.34. The van der Waals surface area contributed by atoms with Gasteiger partial charge in [0.1, 0.15) is 5.60 Å². The zero-order valence-corrected chi connectivity index (χ0v) is 13.2. The summed E-state index contributed by atoms with van der Waals surface area (Å²) in [6.07, 6.45) is -0.519. The van der Waals surface area contributed by atoms with Crippen molar-refractivity contribution < 1.29 is 19.1 Å². The third kappa shape index (κ3) is 8.71. The fraction of sp³-hybridized carbons (Fsp3) is 0.846. The third-order valence-electron chi connectivity index (χ3n) is 2.41. The minimum atomic E-state index is -0.584. The number of carbonyl (C=O) groups excluding carboxylic acids is 2. The number of hydrogen-bond donors (Lipinski definition) is 2. The van der Waals surface area contributed by atoms with E-state index in [1.54, 1.807) is 20.8 Å². The van der Waals surface area contributed by atoms with Crippen LogP contribution in [0.4, 0.5) is 4.79 Å². The standard InChI is InChI=1S/C13H27N3O4/c1-13(2,3)20-12(18)15-10(8-16(4)5)9(14)7-11(17)19-6/h9-10H,7-8,14H2,1-6H3,(H,15,18)/t9-,10-/m0/s1. The molecule has 0 saturated carbocycles. The van der Waals surface area contributed by atoms with E-state index in [2.05, 4.69) is 10.1 Å². The van der Waals surface area contributed by atoms with Crippen LogP contribution in [0.15, 0.2) is 0 Å². The third-order valence-corrected chi connectivity index (χ3v) is 2.41. The maximum atomic E-state index is 11.8. The maximum absolute atomic E-state index is 11.8. The molecule has 0 saturated heterocycles. The molecule has 1 amide bonds. The van der Waals surface area contributed by atoms with E-state index in [0.29, 0.717) is 6.54 Å². The highest BCUT2D eigenvalue weighted by Gasteiger charge is 2.26. The molecule has 2 atom stereocenters. The molecule has 0 aliphatic rings. The zero-order chi connectivity index (χ0) is 15.9. The van der Waals surface area contributed by atoms with Crippen LogP contribution < -0.4 is 11.1 Å². The highest BCUT2D eigenvalue weighted by atomic mass is 16.6. The Bertz CT molecular complexity index is 326. The predicted molar refractivity (Wildman–Crippen MR) is 76.3 cm³/mol. The van der Waals surface area contributed by atoms with E-state index in [9.17, 15) is 9.59 Å². The molecule has 0 unspecified atom stereocenters. The summed E-state index contributed by atoms with van der Waals surface area (Å²) < 4.78 is 9.78. The van der Waals surface area contributed by atoms with Gasteiger partial charge >= 0.3 is 12.1 Å². The van der Waals surface area contributed by atoms with Crippen LogP contribution in [0, 0.1) is 0 Å². The van der Waals surface area contributed by atoms with Gasteiger partial charge in [-0.25, -0.2) is 4.79 Å². The molecule has 7 heteroatoms. The number of hydrogen-bond acceptors (Lipinski definition) is 6. The van der Waals surface area contributed by atoms with E-state index < -0.39 is 29.7 Å². The number of nitrogens with one attached hydrogen (secondary N) is 1. The van der Waals surface area contributed by atoms with Gasteiger partial charge in [-0.2, -0.15) is 0 Å². The lowest BCUT2D eigenvalue weighted by Crippen LogP contribution is -2.54. The molecular weight excluding hydrogens is 262 g/mol. The molecule has 0 aromatic heterocycles. The Morgan fingerprint density at radius 2 is 1.85 bits per heavy atom. The van der Waals surface area contributed by atoms with Crippen LogP contribution in [0.25, 0.3) is 0 Å². The summed E-state index contributed by atoms with van der Waals surface area (Å²) in [7, 11) is 5.01. The maximum Gasteiger partial charge on any atom is 0.407 e. The van der Waals surface area contributed by atoms with Crippen molar-refractivity contribution in [3.63, 3.8) is 0 Å². The Kier molecular flexibility index (Phi) is 7.52. The van der Waals surface area contributed by atoms with Crippen molar-refractivity contribution in [3.8, 4) is 0 Å². The Morgan fingerprint density at radius 1 is 1.30 bits per heavy atom.